The Morgan fingerprint density at radius 3 is 2.55 bits per heavy atom. The lowest BCUT2D eigenvalue weighted by Crippen LogP contribution is -2.32. The van der Waals surface area contributed by atoms with Crippen LogP contribution in [-0.4, -0.2) is 16.9 Å². The van der Waals surface area contributed by atoms with Crippen molar-refractivity contribution in [3.05, 3.63) is 58.9 Å². The Kier molecular flexibility index (Phi) is 5.78. The first kappa shape index (κ1) is 16.3. The smallest absolute Gasteiger partial charge is 0.270 e. The summed E-state index contributed by atoms with van der Waals surface area (Å²) < 4.78 is 0. The molecule has 1 unspecified atom stereocenters. The summed E-state index contributed by atoms with van der Waals surface area (Å²) in [5.41, 5.74) is 2.43. The van der Waals surface area contributed by atoms with Gasteiger partial charge in [-0.25, -0.2) is 4.98 Å². The molecule has 0 aliphatic rings. The van der Waals surface area contributed by atoms with Gasteiger partial charge in [0.1, 0.15) is 5.69 Å². The number of halogens is 1. The highest BCUT2D eigenvalue weighted by Crippen LogP contribution is 2.12. The van der Waals surface area contributed by atoms with E-state index in [2.05, 4.69) is 15.6 Å². The molecule has 0 bridgehead atoms. The number of carbonyl (C=O) groups excluding carboxylic acids is 1. The fourth-order valence-electron chi connectivity index (χ4n) is 1.84. The lowest BCUT2D eigenvalue weighted by atomic mass is 10.2. The molecule has 1 aromatic heterocycles. The molecule has 22 heavy (non-hydrogen) atoms. The zero-order valence-corrected chi connectivity index (χ0v) is 13.5. The number of anilines is 1. The van der Waals surface area contributed by atoms with E-state index in [1.54, 1.807) is 12.3 Å². The van der Waals surface area contributed by atoms with Crippen molar-refractivity contribution in [2.45, 2.75) is 32.9 Å². The molecule has 0 aliphatic carbocycles. The minimum atomic E-state index is -0.140. The highest BCUT2D eigenvalue weighted by molar-refractivity contribution is 6.30. The van der Waals surface area contributed by atoms with Gasteiger partial charge in [-0.3, -0.25) is 4.79 Å². The Morgan fingerprint density at radius 1 is 1.23 bits per heavy atom. The second-order valence-corrected chi connectivity index (χ2v) is 5.63. The van der Waals surface area contributed by atoms with Crippen LogP contribution in [0.1, 0.15) is 36.3 Å². The molecule has 0 aliphatic heterocycles. The predicted octanol–water partition coefficient (Wildman–Crippen LogP) is 3.88. The Morgan fingerprint density at radius 2 is 1.95 bits per heavy atom. The summed E-state index contributed by atoms with van der Waals surface area (Å²) in [6, 6.07) is 11.4. The highest BCUT2D eigenvalue weighted by Gasteiger charge is 2.09. The average Bonchev–Trinajstić information content (AvgIpc) is 2.54. The lowest BCUT2D eigenvalue weighted by Gasteiger charge is -2.11. The zero-order valence-electron chi connectivity index (χ0n) is 12.8. The van der Waals surface area contributed by atoms with Crippen molar-refractivity contribution in [2.75, 3.05) is 5.32 Å². The van der Waals surface area contributed by atoms with E-state index in [1.165, 1.54) is 0 Å². The van der Waals surface area contributed by atoms with Gasteiger partial charge in [-0.2, -0.15) is 0 Å². The van der Waals surface area contributed by atoms with Gasteiger partial charge in [-0.15, -0.1) is 0 Å². The number of amides is 1. The molecule has 1 aromatic carbocycles. The van der Waals surface area contributed by atoms with E-state index in [1.807, 2.05) is 44.2 Å². The van der Waals surface area contributed by atoms with Crippen LogP contribution in [0.4, 0.5) is 5.69 Å². The van der Waals surface area contributed by atoms with Gasteiger partial charge >= 0.3 is 0 Å². The van der Waals surface area contributed by atoms with Crippen molar-refractivity contribution in [2.24, 2.45) is 0 Å². The van der Waals surface area contributed by atoms with Crippen molar-refractivity contribution < 1.29 is 4.79 Å². The third-order valence-corrected chi connectivity index (χ3v) is 3.65. The monoisotopic (exact) mass is 317 g/mol. The second-order valence-electron chi connectivity index (χ2n) is 5.19. The van der Waals surface area contributed by atoms with Gasteiger partial charge in [0.15, 0.2) is 0 Å². The Labute approximate surface area is 135 Å². The minimum Gasteiger partial charge on any atom is -0.380 e. The van der Waals surface area contributed by atoms with Gasteiger partial charge in [0, 0.05) is 17.6 Å². The maximum Gasteiger partial charge on any atom is 0.270 e. The summed E-state index contributed by atoms with van der Waals surface area (Å²) in [5, 5.41) is 6.88. The lowest BCUT2D eigenvalue weighted by molar-refractivity contribution is 0.0934. The molecule has 0 radical (unpaired) electrons. The summed E-state index contributed by atoms with van der Waals surface area (Å²) >= 11 is 5.85. The van der Waals surface area contributed by atoms with Crippen LogP contribution in [0.15, 0.2) is 42.6 Å². The molecule has 2 N–H and O–H groups in total. The summed E-state index contributed by atoms with van der Waals surface area (Å²) in [6.45, 7) is 4.68. The Hall–Kier alpha value is -2.07. The largest absolute Gasteiger partial charge is 0.380 e. The summed E-state index contributed by atoms with van der Waals surface area (Å²) in [7, 11) is 0. The number of nitrogens with one attached hydrogen (secondary N) is 2. The first-order valence-corrected chi connectivity index (χ1v) is 7.71. The molecule has 0 saturated heterocycles. The van der Waals surface area contributed by atoms with Gasteiger partial charge in [0.25, 0.3) is 5.91 Å². The summed E-state index contributed by atoms with van der Waals surface area (Å²) in [5.74, 6) is -0.140. The van der Waals surface area contributed by atoms with Gasteiger partial charge in [-0.1, -0.05) is 30.7 Å². The number of hydrogen-bond donors (Lipinski definition) is 2. The molecular weight excluding hydrogens is 298 g/mol. The minimum absolute atomic E-state index is 0.140. The maximum absolute atomic E-state index is 11.9. The number of carbonyl (C=O) groups is 1. The number of aromatic nitrogens is 1. The van der Waals surface area contributed by atoms with Crippen molar-refractivity contribution in [3.63, 3.8) is 0 Å². The van der Waals surface area contributed by atoms with Crippen molar-refractivity contribution >= 4 is 23.2 Å². The SMILES string of the molecule is CCC(C)NC(=O)c1ccc(NCc2ccc(Cl)cc2)cn1. The first-order valence-electron chi connectivity index (χ1n) is 7.33. The fraction of sp³-hybridized carbons (Fsp3) is 0.294. The molecule has 1 atom stereocenters. The van der Waals surface area contributed by atoms with Crippen molar-refractivity contribution in [1.29, 1.82) is 0 Å². The third-order valence-electron chi connectivity index (χ3n) is 3.40. The molecule has 5 heteroatoms. The Bertz CT molecular complexity index is 611. The number of nitrogens with zero attached hydrogens (tertiary/aromatic N) is 1. The topological polar surface area (TPSA) is 54.0 Å². The quantitative estimate of drug-likeness (QED) is 0.850. The molecule has 2 aromatic rings. The highest BCUT2D eigenvalue weighted by atomic mass is 35.5. The molecule has 0 saturated carbocycles. The van der Waals surface area contributed by atoms with E-state index in [4.69, 9.17) is 11.6 Å². The molecule has 2 rings (SSSR count). The van der Waals surface area contributed by atoms with E-state index in [9.17, 15) is 4.79 Å². The number of benzene rings is 1. The molecular formula is C17H20ClN3O. The second kappa shape index (κ2) is 7.80. The van der Waals surface area contributed by atoms with Crippen LogP contribution in [0, 0.1) is 0 Å². The standard InChI is InChI=1S/C17H20ClN3O/c1-3-12(2)21-17(22)16-9-8-15(11-20-16)19-10-13-4-6-14(18)7-5-13/h4-9,11-12,19H,3,10H2,1-2H3,(H,21,22). The first-order chi connectivity index (χ1) is 10.6. The van der Waals surface area contributed by atoms with E-state index in [-0.39, 0.29) is 11.9 Å². The molecule has 1 heterocycles. The molecule has 1 amide bonds. The number of hydrogen-bond acceptors (Lipinski definition) is 3. The van der Waals surface area contributed by atoms with E-state index in [0.29, 0.717) is 12.2 Å². The van der Waals surface area contributed by atoms with Gasteiger partial charge < -0.3 is 10.6 Å². The van der Waals surface area contributed by atoms with Crippen LogP contribution in [0.5, 0.6) is 0 Å². The van der Waals surface area contributed by atoms with Gasteiger partial charge in [-0.05, 0) is 43.2 Å². The van der Waals surface area contributed by atoms with Crippen LogP contribution in [0.2, 0.25) is 5.02 Å². The van der Waals surface area contributed by atoms with Crippen molar-refractivity contribution in [1.82, 2.24) is 10.3 Å². The van der Waals surface area contributed by atoms with Crippen LogP contribution < -0.4 is 10.6 Å². The molecule has 4 nitrogen and oxygen atoms in total. The van der Waals surface area contributed by atoms with E-state index >= 15 is 0 Å². The normalized spacial score (nSPS) is 11.8. The van der Waals surface area contributed by atoms with Crippen LogP contribution >= 0.6 is 11.6 Å². The van der Waals surface area contributed by atoms with Gasteiger partial charge in [0.2, 0.25) is 0 Å². The van der Waals surface area contributed by atoms with Crippen molar-refractivity contribution in [3.8, 4) is 0 Å². The summed E-state index contributed by atoms with van der Waals surface area (Å²) in [4.78, 5) is 16.1. The van der Waals surface area contributed by atoms with E-state index in [0.717, 1.165) is 22.7 Å². The fourth-order valence-corrected chi connectivity index (χ4v) is 1.96. The third kappa shape index (κ3) is 4.74. The molecule has 0 fully saturated rings. The van der Waals surface area contributed by atoms with Gasteiger partial charge in [0.05, 0.1) is 11.9 Å². The van der Waals surface area contributed by atoms with E-state index < -0.39 is 0 Å². The predicted molar refractivity (Wildman–Crippen MR) is 90.2 cm³/mol. The average molecular weight is 318 g/mol. The van der Waals surface area contributed by atoms with Crippen LogP contribution in [0.25, 0.3) is 0 Å². The molecule has 116 valence electrons. The number of rotatable bonds is 6. The Balaban J connectivity index is 1.91. The summed E-state index contributed by atoms with van der Waals surface area (Å²) in [6.07, 6.45) is 2.56. The van der Waals surface area contributed by atoms with Crippen LogP contribution in [-0.2, 0) is 6.54 Å². The zero-order chi connectivity index (χ0) is 15.9. The number of pyridine rings is 1. The van der Waals surface area contributed by atoms with Crippen LogP contribution in [0.3, 0.4) is 0 Å². The maximum atomic E-state index is 11.9. The molecule has 0 spiro atoms.